The summed E-state index contributed by atoms with van der Waals surface area (Å²) in [6.07, 6.45) is 1.75. The second-order valence-corrected chi connectivity index (χ2v) is 4.51. The normalized spacial score (nSPS) is 11.2. The third-order valence-electron chi connectivity index (χ3n) is 3.15. The van der Waals surface area contributed by atoms with Gasteiger partial charge in [-0.3, -0.25) is 4.98 Å². The van der Waals surface area contributed by atoms with Gasteiger partial charge in [0.2, 0.25) is 5.95 Å². The first-order valence-corrected chi connectivity index (χ1v) is 6.39. The minimum atomic E-state index is 0. The van der Waals surface area contributed by atoms with Gasteiger partial charge >= 0.3 is 0 Å². The number of aryl methyl sites for hydroxylation is 1. The summed E-state index contributed by atoms with van der Waals surface area (Å²) in [6.45, 7) is 1.91. The van der Waals surface area contributed by atoms with E-state index in [2.05, 4.69) is 20.5 Å². The van der Waals surface area contributed by atoms with Crippen molar-refractivity contribution in [1.82, 2.24) is 14.5 Å². The maximum absolute atomic E-state index is 4.50. The predicted molar refractivity (Wildman–Crippen MR) is 88.0 cm³/mol. The smallest absolute Gasteiger partial charge is 0.224 e. The zero-order chi connectivity index (χ0) is 13.9. The van der Waals surface area contributed by atoms with Gasteiger partial charge in [0.05, 0.1) is 22.4 Å². The molecule has 2 heterocycles. The summed E-state index contributed by atoms with van der Waals surface area (Å²) in [6, 6.07) is 13.7. The zero-order valence-corrected chi connectivity index (χ0v) is 12.6. The van der Waals surface area contributed by atoms with Crippen LogP contribution in [0.5, 0.6) is 0 Å². The van der Waals surface area contributed by atoms with Crippen molar-refractivity contribution in [3.05, 3.63) is 54.4 Å². The van der Waals surface area contributed by atoms with E-state index < -0.39 is 0 Å². The Morgan fingerprint density at radius 1 is 1.14 bits per heavy atom. The third kappa shape index (κ3) is 3.03. The average Bonchev–Trinajstić information content (AvgIpc) is 2.83. The molecule has 0 unspecified atom stereocenters. The molecule has 0 aliphatic rings. The van der Waals surface area contributed by atoms with Crippen molar-refractivity contribution in [2.75, 3.05) is 5.43 Å². The summed E-state index contributed by atoms with van der Waals surface area (Å²) in [7, 11) is 1.96. The van der Waals surface area contributed by atoms with E-state index in [4.69, 9.17) is 0 Å². The van der Waals surface area contributed by atoms with Crippen LogP contribution in [0.15, 0.2) is 53.8 Å². The molecule has 1 N–H and O–H groups in total. The molecule has 2 aromatic heterocycles. The van der Waals surface area contributed by atoms with Crippen molar-refractivity contribution in [2.24, 2.45) is 12.1 Å². The molecule has 3 aromatic rings. The number of halogens is 1. The molecular formula is C15H16ClN5. The van der Waals surface area contributed by atoms with Crippen LogP contribution in [0.4, 0.5) is 5.95 Å². The highest BCUT2D eigenvalue weighted by Crippen LogP contribution is 2.17. The molecule has 108 valence electrons. The lowest BCUT2D eigenvalue weighted by molar-refractivity contribution is 0.942. The standard InChI is InChI=1S/C15H15N5.ClH/c1-11(12-7-5-6-10-16-12)18-19-15-17-13-8-3-4-9-14(13)20(15)2;/h3-10H,1-2H3,(H,17,19);1H. The van der Waals surface area contributed by atoms with E-state index in [-0.39, 0.29) is 12.4 Å². The summed E-state index contributed by atoms with van der Waals surface area (Å²) < 4.78 is 1.98. The Balaban J connectivity index is 0.00000161. The van der Waals surface area contributed by atoms with Crippen LogP contribution < -0.4 is 5.43 Å². The molecule has 0 saturated carbocycles. The molecule has 6 heteroatoms. The van der Waals surface area contributed by atoms with Crippen molar-refractivity contribution in [2.45, 2.75) is 6.92 Å². The molecule has 1 aromatic carbocycles. The van der Waals surface area contributed by atoms with Gasteiger partial charge < -0.3 is 4.57 Å². The number of pyridine rings is 1. The molecule has 0 radical (unpaired) electrons. The van der Waals surface area contributed by atoms with E-state index in [9.17, 15) is 0 Å². The molecule has 0 spiro atoms. The number of nitrogens with zero attached hydrogens (tertiary/aromatic N) is 4. The van der Waals surface area contributed by atoms with E-state index in [1.165, 1.54) is 0 Å². The van der Waals surface area contributed by atoms with Gasteiger partial charge in [-0.1, -0.05) is 18.2 Å². The average molecular weight is 302 g/mol. The quantitative estimate of drug-likeness (QED) is 0.597. The third-order valence-corrected chi connectivity index (χ3v) is 3.15. The lowest BCUT2D eigenvalue weighted by atomic mass is 10.3. The Morgan fingerprint density at radius 2 is 1.90 bits per heavy atom. The first kappa shape index (κ1) is 15.0. The number of imidazole rings is 1. The predicted octanol–water partition coefficient (Wildman–Crippen LogP) is 3.23. The number of fused-ring (bicyclic) bond motifs is 1. The Bertz CT molecular complexity index is 764. The number of hydrogen-bond donors (Lipinski definition) is 1. The highest BCUT2D eigenvalue weighted by Gasteiger charge is 2.06. The Hall–Kier alpha value is -2.40. The minimum absolute atomic E-state index is 0. The van der Waals surface area contributed by atoms with Crippen LogP contribution in [-0.4, -0.2) is 20.2 Å². The number of rotatable bonds is 3. The number of para-hydroxylation sites is 2. The Morgan fingerprint density at radius 3 is 2.62 bits per heavy atom. The van der Waals surface area contributed by atoms with Crippen LogP contribution in [0.25, 0.3) is 11.0 Å². The molecule has 0 aliphatic carbocycles. The van der Waals surface area contributed by atoms with Crippen LogP contribution in [0.2, 0.25) is 0 Å². The fraction of sp³-hybridized carbons (Fsp3) is 0.133. The van der Waals surface area contributed by atoms with Crippen molar-refractivity contribution in [1.29, 1.82) is 0 Å². The van der Waals surface area contributed by atoms with Gasteiger partial charge in [-0.05, 0) is 31.2 Å². The van der Waals surface area contributed by atoms with E-state index >= 15 is 0 Å². The van der Waals surface area contributed by atoms with Crippen LogP contribution in [-0.2, 0) is 7.05 Å². The van der Waals surface area contributed by atoms with Gasteiger partial charge in [-0.15, -0.1) is 12.4 Å². The maximum atomic E-state index is 4.50. The number of anilines is 1. The summed E-state index contributed by atoms with van der Waals surface area (Å²) in [4.78, 5) is 8.76. The minimum Gasteiger partial charge on any atom is -0.312 e. The highest BCUT2D eigenvalue weighted by atomic mass is 35.5. The van der Waals surface area contributed by atoms with E-state index in [1.807, 2.05) is 61.0 Å². The lowest BCUT2D eigenvalue weighted by Crippen LogP contribution is -2.04. The molecule has 0 saturated heterocycles. The molecule has 0 fully saturated rings. The van der Waals surface area contributed by atoms with Crippen LogP contribution in [0.1, 0.15) is 12.6 Å². The fourth-order valence-electron chi connectivity index (χ4n) is 2.01. The van der Waals surface area contributed by atoms with Crippen molar-refractivity contribution in [3.8, 4) is 0 Å². The van der Waals surface area contributed by atoms with Gasteiger partial charge in [-0.25, -0.2) is 10.4 Å². The number of hydrazone groups is 1. The first-order valence-electron chi connectivity index (χ1n) is 6.39. The molecule has 0 amide bonds. The SMILES string of the molecule is CC(=NNc1nc2ccccc2n1C)c1ccccn1.Cl. The van der Waals surface area contributed by atoms with E-state index in [0.29, 0.717) is 5.95 Å². The van der Waals surface area contributed by atoms with Gasteiger partial charge in [0.1, 0.15) is 0 Å². The molecule has 0 aliphatic heterocycles. The Labute approximate surface area is 129 Å². The van der Waals surface area contributed by atoms with Crippen LogP contribution >= 0.6 is 12.4 Å². The largest absolute Gasteiger partial charge is 0.312 e. The molecule has 5 nitrogen and oxygen atoms in total. The summed E-state index contributed by atoms with van der Waals surface area (Å²) in [5.41, 5.74) is 6.68. The van der Waals surface area contributed by atoms with Crippen LogP contribution in [0, 0.1) is 0 Å². The lowest BCUT2D eigenvalue weighted by Gasteiger charge is -2.03. The molecule has 0 atom stereocenters. The molecule has 3 rings (SSSR count). The Kier molecular flexibility index (Phi) is 4.55. The fourth-order valence-corrected chi connectivity index (χ4v) is 2.01. The number of benzene rings is 1. The molecule has 21 heavy (non-hydrogen) atoms. The van der Waals surface area contributed by atoms with Crippen molar-refractivity contribution < 1.29 is 0 Å². The summed E-state index contributed by atoms with van der Waals surface area (Å²) >= 11 is 0. The van der Waals surface area contributed by atoms with Gasteiger partial charge in [0, 0.05) is 13.2 Å². The first-order chi connectivity index (χ1) is 9.75. The molecule has 0 bridgehead atoms. The topological polar surface area (TPSA) is 55.1 Å². The number of hydrogen-bond acceptors (Lipinski definition) is 4. The van der Waals surface area contributed by atoms with Crippen molar-refractivity contribution >= 4 is 35.1 Å². The maximum Gasteiger partial charge on any atom is 0.224 e. The second-order valence-electron chi connectivity index (χ2n) is 4.51. The highest BCUT2D eigenvalue weighted by molar-refractivity contribution is 5.97. The van der Waals surface area contributed by atoms with E-state index in [0.717, 1.165) is 22.4 Å². The summed E-state index contributed by atoms with van der Waals surface area (Å²) in [5.74, 6) is 0.710. The van der Waals surface area contributed by atoms with Gasteiger partial charge in [-0.2, -0.15) is 5.10 Å². The second kappa shape index (κ2) is 6.37. The zero-order valence-electron chi connectivity index (χ0n) is 11.8. The van der Waals surface area contributed by atoms with E-state index in [1.54, 1.807) is 6.20 Å². The van der Waals surface area contributed by atoms with Gasteiger partial charge in [0.25, 0.3) is 0 Å². The van der Waals surface area contributed by atoms with Crippen molar-refractivity contribution in [3.63, 3.8) is 0 Å². The molecular weight excluding hydrogens is 286 g/mol. The monoisotopic (exact) mass is 301 g/mol. The van der Waals surface area contributed by atoms with Crippen LogP contribution in [0.3, 0.4) is 0 Å². The number of nitrogens with one attached hydrogen (secondary N) is 1. The van der Waals surface area contributed by atoms with Gasteiger partial charge in [0.15, 0.2) is 0 Å². The number of aromatic nitrogens is 3. The summed E-state index contributed by atoms with van der Waals surface area (Å²) in [5, 5.41) is 4.34.